The molecule has 0 amide bonds. The zero-order valence-corrected chi connectivity index (χ0v) is 13.3. The Morgan fingerprint density at radius 2 is 1.85 bits per heavy atom. The lowest BCUT2D eigenvalue weighted by molar-refractivity contribution is 0.191. The first-order valence-corrected chi connectivity index (χ1v) is 7.30. The van der Waals surface area contributed by atoms with Gasteiger partial charge in [0.25, 0.3) is 0 Å². The van der Waals surface area contributed by atoms with Gasteiger partial charge in [0.15, 0.2) is 0 Å². The van der Waals surface area contributed by atoms with Crippen LogP contribution in [0, 0.1) is 0 Å². The predicted molar refractivity (Wildman–Crippen MR) is 88.4 cm³/mol. The molecule has 2 aromatic carbocycles. The molecule has 0 aliphatic rings. The molecule has 2 rings (SSSR count). The summed E-state index contributed by atoms with van der Waals surface area (Å²) in [5, 5.41) is 13.4. The average molecular weight is 335 g/mol. The van der Waals surface area contributed by atoms with Gasteiger partial charge in [-0.15, -0.1) is 0 Å². The molecule has 0 aliphatic carbocycles. The Balaban J connectivity index is 1.94. The first-order chi connectivity index (χ1) is 9.56. The van der Waals surface area contributed by atoms with E-state index in [4.69, 9.17) is 0 Å². The fourth-order valence-corrected chi connectivity index (χ4v) is 2.34. The molecule has 0 aliphatic heterocycles. The summed E-state index contributed by atoms with van der Waals surface area (Å²) in [6.45, 7) is 0.484. The molecule has 0 saturated heterocycles. The van der Waals surface area contributed by atoms with Crippen molar-refractivity contribution in [1.29, 1.82) is 0 Å². The van der Waals surface area contributed by atoms with Crippen molar-refractivity contribution in [1.82, 2.24) is 0 Å². The van der Waals surface area contributed by atoms with Gasteiger partial charge in [0.1, 0.15) is 0 Å². The average Bonchev–Trinajstić information content (AvgIpc) is 2.45. The highest BCUT2D eigenvalue weighted by atomic mass is 79.9. The highest BCUT2D eigenvalue weighted by Gasteiger charge is 2.07. The Kier molecular flexibility index (Phi) is 5.04. The first kappa shape index (κ1) is 14.9. The maximum Gasteiger partial charge on any atom is 0.0962 e. The summed E-state index contributed by atoms with van der Waals surface area (Å²) in [7, 11) is 4.03. The number of hydrogen-bond donors (Lipinski definition) is 2. The Bertz CT molecular complexity index is 555. The molecule has 3 nitrogen and oxygen atoms in total. The quantitative estimate of drug-likeness (QED) is 0.875. The van der Waals surface area contributed by atoms with Crippen LogP contribution in [0.15, 0.2) is 53.0 Å². The molecular formula is C16H19BrN2O. The number of aliphatic hydroxyl groups excluding tert-OH is 1. The summed E-state index contributed by atoms with van der Waals surface area (Å²) in [4.78, 5) is 2.06. The van der Waals surface area contributed by atoms with Crippen molar-refractivity contribution < 1.29 is 5.11 Å². The van der Waals surface area contributed by atoms with Crippen molar-refractivity contribution in [3.63, 3.8) is 0 Å². The van der Waals surface area contributed by atoms with E-state index < -0.39 is 6.10 Å². The van der Waals surface area contributed by atoms with Gasteiger partial charge in [0.05, 0.1) is 6.10 Å². The van der Waals surface area contributed by atoms with E-state index in [1.165, 1.54) is 0 Å². The van der Waals surface area contributed by atoms with Crippen LogP contribution >= 0.6 is 15.9 Å². The second-order valence-electron chi connectivity index (χ2n) is 4.89. The summed E-state index contributed by atoms with van der Waals surface area (Å²) < 4.78 is 0.976. The SMILES string of the molecule is CN(C)c1ccc(NCC(O)c2cccc(Br)c2)cc1. The third-order valence-electron chi connectivity index (χ3n) is 3.12. The van der Waals surface area contributed by atoms with E-state index in [-0.39, 0.29) is 0 Å². The first-order valence-electron chi connectivity index (χ1n) is 6.51. The molecule has 0 saturated carbocycles. The monoisotopic (exact) mass is 334 g/mol. The summed E-state index contributed by atoms with van der Waals surface area (Å²) in [5.74, 6) is 0. The Morgan fingerprint density at radius 1 is 1.15 bits per heavy atom. The van der Waals surface area contributed by atoms with E-state index in [0.717, 1.165) is 21.4 Å². The molecule has 20 heavy (non-hydrogen) atoms. The molecule has 0 radical (unpaired) electrons. The van der Waals surface area contributed by atoms with Crippen molar-refractivity contribution in [3.8, 4) is 0 Å². The summed E-state index contributed by atoms with van der Waals surface area (Å²) in [5.41, 5.74) is 3.06. The van der Waals surface area contributed by atoms with Crippen molar-refractivity contribution in [2.45, 2.75) is 6.10 Å². The summed E-state index contributed by atoms with van der Waals surface area (Å²) >= 11 is 3.41. The fourth-order valence-electron chi connectivity index (χ4n) is 1.92. The van der Waals surface area contributed by atoms with Crippen LogP contribution in [-0.4, -0.2) is 25.7 Å². The van der Waals surface area contributed by atoms with E-state index in [0.29, 0.717) is 6.54 Å². The molecule has 0 aromatic heterocycles. The fraction of sp³-hybridized carbons (Fsp3) is 0.250. The molecule has 2 aromatic rings. The smallest absolute Gasteiger partial charge is 0.0962 e. The van der Waals surface area contributed by atoms with E-state index in [1.807, 2.05) is 62.6 Å². The number of hydrogen-bond acceptors (Lipinski definition) is 3. The van der Waals surface area contributed by atoms with Crippen LogP contribution in [0.5, 0.6) is 0 Å². The molecular weight excluding hydrogens is 316 g/mol. The normalized spacial score (nSPS) is 12.0. The van der Waals surface area contributed by atoms with Crippen molar-refractivity contribution in [3.05, 3.63) is 58.6 Å². The van der Waals surface area contributed by atoms with E-state index in [9.17, 15) is 5.11 Å². The number of nitrogens with one attached hydrogen (secondary N) is 1. The topological polar surface area (TPSA) is 35.5 Å². The molecule has 1 atom stereocenters. The van der Waals surface area contributed by atoms with E-state index in [2.05, 4.69) is 26.1 Å². The van der Waals surface area contributed by atoms with Gasteiger partial charge < -0.3 is 15.3 Å². The Morgan fingerprint density at radius 3 is 2.45 bits per heavy atom. The van der Waals surface area contributed by atoms with Gasteiger partial charge in [-0.1, -0.05) is 28.1 Å². The summed E-state index contributed by atoms with van der Waals surface area (Å²) in [6, 6.07) is 15.9. The zero-order chi connectivity index (χ0) is 14.5. The maximum atomic E-state index is 10.2. The van der Waals surface area contributed by atoms with Crippen LogP contribution < -0.4 is 10.2 Å². The molecule has 0 bridgehead atoms. The zero-order valence-electron chi connectivity index (χ0n) is 11.7. The van der Waals surface area contributed by atoms with Crippen LogP contribution in [-0.2, 0) is 0 Å². The Hall–Kier alpha value is -1.52. The number of anilines is 2. The van der Waals surface area contributed by atoms with Gasteiger partial charge in [-0.25, -0.2) is 0 Å². The third-order valence-corrected chi connectivity index (χ3v) is 3.61. The van der Waals surface area contributed by atoms with Gasteiger partial charge in [-0.3, -0.25) is 0 Å². The van der Waals surface area contributed by atoms with Gasteiger partial charge >= 0.3 is 0 Å². The lowest BCUT2D eigenvalue weighted by Crippen LogP contribution is -2.12. The van der Waals surface area contributed by atoms with Crippen molar-refractivity contribution in [2.75, 3.05) is 30.9 Å². The molecule has 0 heterocycles. The highest BCUT2D eigenvalue weighted by Crippen LogP contribution is 2.20. The van der Waals surface area contributed by atoms with Crippen LogP contribution in [0.2, 0.25) is 0 Å². The van der Waals surface area contributed by atoms with Crippen LogP contribution in [0.25, 0.3) is 0 Å². The van der Waals surface area contributed by atoms with Crippen molar-refractivity contribution in [2.24, 2.45) is 0 Å². The van der Waals surface area contributed by atoms with Crippen LogP contribution in [0.4, 0.5) is 11.4 Å². The molecule has 2 N–H and O–H groups in total. The van der Waals surface area contributed by atoms with Crippen molar-refractivity contribution >= 4 is 27.3 Å². The summed E-state index contributed by atoms with van der Waals surface area (Å²) in [6.07, 6.45) is -0.527. The van der Waals surface area contributed by atoms with E-state index in [1.54, 1.807) is 0 Å². The Labute approximate surface area is 128 Å². The molecule has 0 spiro atoms. The largest absolute Gasteiger partial charge is 0.387 e. The minimum atomic E-state index is -0.527. The second-order valence-corrected chi connectivity index (χ2v) is 5.81. The lowest BCUT2D eigenvalue weighted by atomic mass is 10.1. The van der Waals surface area contributed by atoms with Gasteiger partial charge in [-0.05, 0) is 42.0 Å². The third kappa shape index (κ3) is 3.99. The molecule has 106 valence electrons. The number of benzene rings is 2. The minimum Gasteiger partial charge on any atom is -0.387 e. The molecule has 4 heteroatoms. The van der Waals surface area contributed by atoms with E-state index >= 15 is 0 Å². The maximum absolute atomic E-state index is 10.2. The van der Waals surface area contributed by atoms with Gasteiger partial charge in [-0.2, -0.15) is 0 Å². The highest BCUT2D eigenvalue weighted by molar-refractivity contribution is 9.10. The number of halogens is 1. The van der Waals surface area contributed by atoms with Crippen LogP contribution in [0.3, 0.4) is 0 Å². The number of aliphatic hydroxyl groups is 1. The number of rotatable bonds is 5. The van der Waals surface area contributed by atoms with Gasteiger partial charge in [0.2, 0.25) is 0 Å². The standard InChI is InChI=1S/C16H19BrN2O/c1-19(2)15-8-6-14(7-9-15)18-11-16(20)12-4-3-5-13(17)10-12/h3-10,16,18,20H,11H2,1-2H3. The minimum absolute atomic E-state index is 0.484. The number of nitrogens with zero attached hydrogens (tertiary/aromatic N) is 1. The second kappa shape index (κ2) is 6.77. The lowest BCUT2D eigenvalue weighted by Gasteiger charge is -2.15. The molecule has 0 fully saturated rings. The van der Waals surface area contributed by atoms with Gasteiger partial charge in [0, 0.05) is 36.5 Å². The predicted octanol–water partition coefficient (Wildman–Crippen LogP) is 3.66. The van der Waals surface area contributed by atoms with Crippen LogP contribution in [0.1, 0.15) is 11.7 Å². The molecule has 1 unspecified atom stereocenters.